The van der Waals surface area contributed by atoms with Crippen molar-refractivity contribution < 1.29 is 9.59 Å². The molecule has 1 aromatic rings. The Hall–Kier alpha value is -2.33. The maximum atomic E-state index is 11.6. The molecule has 0 aliphatic rings. The van der Waals surface area contributed by atoms with Gasteiger partial charge in [-0.2, -0.15) is 0 Å². The number of hydrogen-bond donors (Lipinski definition) is 1. The van der Waals surface area contributed by atoms with Crippen LogP contribution in [-0.4, -0.2) is 17.9 Å². The van der Waals surface area contributed by atoms with E-state index in [0.717, 1.165) is 5.56 Å². The molecule has 6 heteroatoms. The summed E-state index contributed by atoms with van der Waals surface area (Å²) in [6.07, 6.45) is 0.480. The summed E-state index contributed by atoms with van der Waals surface area (Å²) in [5.74, 6) is -0.964. The second kappa shape index (κ2) is 7.09. The Balaban J connectivity index is 2.54. The number of benzene rings is 1. The number of carbonyl (C=O) groups excluding carboxylic acids is 2. The molecule has 1 atom stereocenters. The van der Waals surface area contributed by atoms with Crippen LogP contribution in [0.2, 0.25) is 0 Å². The monoisotopic (exact) mass is 246 g/mol. The first kappa shape index (κ1) is 13.7. The average molecular weight is 246 g/mol. The van der Waals surface area contributed by atoms with Crippen molar-refractivity contribution in [3.8, 4) is 0 Å². The van der Waals surface area contributed by atoms with Crippen LogP contribution in [0.5, 0.6) is 0 Å². The predicted octanol–water partition coefficient (Wildman–Crippen LogP) is 1.96. The van der Waals surface area contributed by atoms with E-state index in [0.29, 0.717) is 6.42 Å². The second-order valence-corrected chi connectivity index (χ2v) is 3.70. The molecule has 94 valence electrons. The van der Waals surface area contributed by atoms with Crippen molar-refractivity contribution in [3.63, 3.8) is 0 Å². The van der Waals surface area contributed by atoms with Gasteiger partial charge < -0.3 is 0 Å². The van der Waals surface area contributed by atoms with Gasteiger partial charge >= 0.3 is 0 Å². The van der Waals surface area contributed by atoms with Gasteiger partial charge in [0.1, 0.15) is 6.04 Å². The molecule has 0 bridgehead atoms. The molecule has 1 aromatic carbocycles. The normalized spacial score (nSPS) is 11.2. The first-order valence-corrected chi connectivity index (χ1v) is 5.59. The summed E-state index contributed by atoms with van der Waals surface area (Å²) in [4.78, 5) is 25.7. The Labute approximate surface area is 105 Å². The summed E-state index contributed by atoms with van der Waals surface area (Å²) in [5, 5.41) is 5.54. The molecular weight excluding hydrogens is 232 g/mol. The van der Waals surface area contributed by atoms with E-state index < -0.39 is 17.9 Å². The molecule has 0 aliphatic heterocycles. The fourth-order valence-electron chi connectivity index (χ4n) is 1.43. The van der Waals surface area contributed by atoms with Gasteiger partial charge in [0, 0.05) is 4.91 Å². The highest BCUT2D eigenvalue weighted by atomic mass is 16.2. The van der Waals surface area contributed by atoms with Gasteiger partial charge in [-0.15, -0.1) is 0 Å². The van der Waals surface area contributed by atoms with E-state index >= 15 is 0 Å². The minimum atomic E-state index is -0.838. The zero-order chi connectivity index (χ0) is 13.4. The summed E-state index contributed by atoms with van der Waals surface area (Å²) >= 11 is 0. The third-order valence-corrected chi connectivity index (χ3v) is 2.35. The standard InChI is InChI=1S/C12H14N4O2/c1-2-10(15-16-13)12(18)14-11(17)8-9-6-4-3-5-7-9/h3-7,10H,2,8H2,1H3,(H,14,17,18). The molecule has 0 heterocycles. The number of hydrogen-bond acceptors (Lipinski definition) is 3. The summed E-state index contributed by atoms with van der Waals surface area (Å²) in [5.41, 5.74) is 9.10. The maximum Gasteiger partial charge on any atom is 0.235 e. The molecular formula is C12H14N4O2. The van der Waals surface area contributed by atoms with E-state index in [1.165, 1.54) is 0 Å². The molecule has 2 amide bonds. The van der Waals surface area contributed by atoms with Crippen molar-refractivity contribution in [1.82, 2.24) is 5.32 Å². The van der Waals surface area contributed by atoms with Crippen molar-refractivity contribution in [1.29, 1.82) is 0 Å². The Kier molecular flexibility index (Phi) is 5.41. The molecule has 0 radical (unpaired) electrons. The number of rotatable bonds is 5. The average Bonchev–Trinajstić information content (AvgIpc) is 2.36. The summed E-state index contributed by atoms with van der Waals surface area (Å²) < 4.78 is 0. The Morgan fingerprint density at radius 2 is 2.06 bits per heavy atom. The van der Waals surface area contributed by atoms with Gasteiger partial charge in [-0.3, -0.25) is 14.9 Å². The van der Waals surface area contributed by atoms with Crippen LogP contribution in [0.4, 0.5) is 0 Å². The smallest absolute Gasteiger partial charge is 0.235 e. The lowest BCUT2D eigenvalue weighted by molar-refractivity contribution is -0.130. The third kappa shape index (κ3) is 4.27. The number of imide groups is 1. The summed E-state index contributed by atoms with van der Waals surface area (Å²) in [6.45, 7) is 1.71. The van der Waals surface area contributed by atoms with Gasteiger partial charge in [-0.1, -0.05) is 42.4 Å². The van der Waals surface area contributed by atoms with Crippen LogP contribution < -0.4 is 5.32 Å². The molecule has 18 heavy (non-hydrogen) atoms. The lowest BCUT2D eigenvalue weighted by atomic mass is 10.1. The fourth-order valence-corrected chi connectivity index (χ4v) is 1.43. The molecule has 0 saturated carbocycles. The highest BCUT2D eigenvalue weighted by Gasteiger charge is 2.17. The van der Waals surface area contributed by atoms with Crippen molar-refractivity contribution in [2.24, 2.45) is 5.11 Å². The van der Waals surface area contributed by atoms with Crippen LogP contribution in [0.1, 0.15) is 18.9 Å². The van der Waals surface area contributed by atoms with Crippen molar-refractivity contribution in [3.05, 3.63) is 46.3 Å². The molecule has 1 rings (SSSR count). The third-order valence-electron chi connectivity index (χ3n) is 2.35. The highest BCUT2D eigenvalue weighted by molar-refractivity contribution is 5.98. The van der Waals surface area contributed by atoms with Gasteiger partial charge in [0.25, 0.3) is 0 Å². The molecule has 0 aliphatic carbocycles. The van der Waals surface area contributed by atoms with Gasteiger partial charge in [-0.05, 0) is 17.5 Å². The van der Waals surface area contributed by atoms with E-state index in [1.807, 2.05) is 18.2 Å². The van der Waals surface area contributed by atoms with Crippen LogP contribution >= 0.6 is 0 Å². The molecule has 6 nitrogen and oxygen atoms in total. The summed E-state index contributed by atoms with van der Waals surface area (Å²) in [7, 11) is 0. The molecule has 1 N–H and O–H groups in total. The van der Waals surface area contributed by atoms with Crippen LogP contribution in [-0.2, 0) is 16.0 Å². The first-order valence-electron chi connectivity index (χ1n) is 5.59. The van der Waals surface area contributed by atoms with Gasteiger partial charge in [-0.25, -0.2) is 0 Å². The number of carbonyl (C=O) groups is 2. The first-order chi connectivity index (χ1) is 8.67. The second-order valence-electron chi connectivity index (χ2n) is 3.70. The molecule has 0 spiro atoms. The number of nitrogens with one attached hydrogen (secondary N) is 1. The van der Waals surface area contributed by atoms with E-state index in [4.69, 9.17) is 5.53 Å². The highest BCUT2D eigenvalue weighted by Crippen LogP contribution is 2.01. The quantitative estimate of drug-likeness (QED) is 0.488. The lowest BCUT2D eigenvalue weighted by Gasteiger charge is -2.08. The maximum absolute atomic E-state index is 11.6. The summed E-state index contributed by atoms with van der Waals surface area (Å²) in [6, 6.07) is 8.25. The Morgan fingerprint density at radius 1 is 1.39 bits per heavy atom. The topological polar surface area (TPSA) is 94.9 Å². The van der Waals surface area contributed by atoms with E-state index in [-0.39, 0.29) is 6.42 Å². The van der Waals surface area contributed by atoms with Crippen LogP contribution in [0.25, 0.3) is 10.4 Å². The van der Waals surface area contributed by atoms with Crippen molar-refractivity contribution in [2.45, 2.75) is 25.8 Å². The Bertz CT molecular complexity index is 466. The number of azide groups is 1. The van der Waals surface area contributed by atoms with Crippen molar-refractivity contribution >= 4 is 11.8 Å². The number of amides is 2. The van der Waals surface area contributed by atoms with Gasteiger partial charge in [0.2, 0.25) is 11.8 Å². The van der Waals surface area contributed by atoms with Crippen LogP contribution in [0.15, 0.2) is 35.4 Å². The molecule has 0 aromatic heterocycles. The fraction of sp³-hybridized carbons (Fsp3) is 0.333. The van der Waals surface area contributed by atoms with Crippen LogP contribution in [0.3, 0.4) is 0 Å². The minimum absolute atomic E-state index is 0.124. The molecule has 1 unspecified atom stereocenters. The minimum Gasteiger partial charge on any atom is -0.296 e. The van der Waals surface area contributed by atoms with E-state index in [2.05, 4.69) is 15.3 Å². The molecule has 0 saturated heterocycles. The number of nitrogens with zero attached hydrogens (tertiary/aromatic N) is 3. The largest absolute Gasteiger partial charge is 0.296 e. The van der Waals surface area contributed by atoms with Gasteiger partial charge in [0.15, 0.2) is 0 Å². The Morgan fingerprint density at radius 3 is 2.61 bits per heavy atom. The zero-order valence-corrected chi connectivity index (χ0v) is 10.0. The van der Waals surface area contributed by atoms with Gasteiger partial charge in [0.05, 0.1) is 6.42 Å². The zero-order valence-electron chi connectivity index (χ0n) is 10.0. The lowest BCUT2D eigenvalue weighted by Crippen LogP contribution is -2.38. The van der Waals surface area contributed by atoms with E-state index in [1.54, 1.807) is 19.1 Å². The SMILES string of the molecule is CCC(N=[N+]=[N-])C(=O)NC(=O)Cc1ccccc1. The van der Waals surface area contributed by atoms with Crippen LogP contribution in [0, 0.1) is 0 Å². The van der Waals surface area contributed by atoms with E-state index in [9.17, 15) is 9.59 Å². The molecule has 0 fully saturated rings. The van der Waals surface area contributed by atoms with Crippen molar-refractivity contribution in [2.75, 3.05) is 0 Å². The predicted molar refractivity (Wildman–Crippen MR) is 66.5 cm³/mol.